The summed E-state index contributed by atoms with van der Waals surface area (Å²) in [7, 11) is 1.61. The van der Waals surface area contributed by atoms with Gasteiger partial charge in [0.05, 0.1) is 18.4 Å². The Morgan fingerprint density at radius 3 is 2.17 bits per heavy atom. The van der Waals surface area contributed by atoms with Crippen LogP contribution in [0, 0.1) is 5.92 Å². The van der Waals surface area contributed by atoms with Gasteiger partial charge in [-0.15, -0.1) is 0 Å². The third-order valence-electron chi connectivity index (χ3n) is 6.54. The molecule has 1 aliphatic rings. The Morgan fingerprint density at radius 1 is 0.857 bits per heavy atom. The summed E-state index contributed by atoms with van der Waals surface area (Å²) in [5, 5.41) is 4.79. The van der Waals surface area contributed by atoms with Crippen LogP contribution in [0.15, 0.2) is 91.1 Å². The fourth-order valence-electron chi connectivity index (χ4n) is 4.64. The third-order valence-corrected chi connectivity index (χ3v) is 6.54. The van der Waals surface area contributed by atoms with Crippen LogP contribution in [0.3, 0.4) is 0 Å². The van der Waals surface area contributed by atoms with Crippen LogP contribution in [-0.4, -0.2) is 46.6 Å². The minimum atomic E-state index is -0.0845. The standard InChI is InChI=1S/C29H27N3O3/c1-35-26-15-9-8-14-24(26)27-25(20-32(30-27)23-12-6-3-7-13-23)29(34)31-18-16-22(17-19-31)28(33)21-10-4-2-5-11-21/h2-15,20,22H,16-19H2,1H3. The number of likely N-dealkylation sites (tertiary alicyclic amines) is 1. The molecule has 0 saturated carbocycles. The van der Waals surface area contributed by atoms with Crippen molar-refractivity contribution in [2.24, 2.45) is 5.92 Å². The maximum atomic E-state index is 13.7. The van der Waals surface area contributed by atoms with Crippen molar-refractivity contribution < 1.29 is 14.3 Å². The molecule has 0 radical (unpaired) electrons. The summed E-state index contributed by atoms with van der Waals surface area (Å²) in [6, 6.07) is 26.7. The van der Waals surface area contributed by atoms with Gasteiger partial charge in [-0.05, 0) is 37.1 Å². The summed E-state index contributed by atoms with van der Waals surface area (Å²) < 4.78 is 7.30. The molecule has 1 fully saturated rings. The molecule has 0 N–H and O–H groups in total. The Morgan fingerprint density at radius 2 is 1.49 bits per heavy atom. The summed E-state index contributed by atoms with van der Waals surface area (Å²) in [5.41, 5.74) is 3.47. The Balaban J connectivity index is 1.42. The number of rotatable bonds is 6. The number of benzene rings is 3. The van der Waals surface area contributed by atoms with Gasteiger partial charge in [-0.2, -0.15) is 5.10 Å². The van der Waals surface area contributed by atoms with Gasteiger partial charge in [-0.1, -0.05) is 60.7 Å². The molecule has 4 aromatic rings. The first-order valence-electron chi connectivity index (χ1n) is 11.8. The molecule has 0 unspecified atom stereocenters. The van der Waals surface area contributed by atoms with E-state index in [1.165, 1.54) is 0 Å². The lowest BCUT2D eigenvalue weighted by Crippen LogP contribution is -2.40. The van der Waals surface area contributed by atoms with Gasteiger partial charge in [0.2, 0.25) is 0 Å². The predicted molar refractivity (Wildman–Crippen MR) is 135 cm³/mol. The van der Waals surface area contributed by atoms with Crippen molar-refractivity contribution in [1.29, 1.82) is 0 Å². The van der Waals surface area contributed by atoms with Gasteiger partial charge in [0.15, 0.2) is 5.78 Å². The van der Waals surface area contributed by atoms with E-state index in [2.05, 4.69) is 0 Å². The van der Waals surface area contributed by atoms with Gasteiger partial charge in [0.1, 0.15) is 11.4 Å². The van der Waals surface area contributed by atoms with Crippen LogP contribution < -0.4 is 4.74 Å². The van der Waals surface area contributed by atoms with E-state index in [0.29, 0.717) is 42.9 Å². The highest BCUT2D eigenvalue weighted by molar-refractivity contribution is 6.01. The lowest BCUT2D eigenvalue weighted by atomic mass is 9.88. The summed E-state index contributed by atoms with van der Waals surface area (Å²) >= 11 is 0. The molecule has 35 heavy (non-hydrogen) atoms. The average Bonchev–Trinajstić information content (AvgIpc) is 3.38. The lowest BCUT2D eigenvalue weighted by Gasteiger charge is -2.31. The first-order chi connectivity index (χ1) is 17.2. The number of hydrogen-bond donors (Lipinski definition) is 0. The highest BCUT2D eigenvalue weighted by atomic mass is 16.5. The number of hydrogen-bond acceptors (Lipinski definition) is 4. The van der Waals surface area contributed by atoms with Crippen LogP contribution in [0.25, 0.3) is 16.9 Å². The molecule has 1 aromatic heterocycles. The molecule has 0 spiro atoms. The van der Waals surface area contributed by atoms with Crippen LogP contribution >= 0.6 is 0 Å². The van der Waals surface area contributed by atoms with E-state index in [1.807, 2.05) is 89.8 Å². The number of amides is 1. The van der Waals surface area contributed by atoms with Crippen LogP contribution in [0.4, 0.5) is 0 Å². The molecule has 176 valence electrons. The molecule has 5 rings (SSSR count). The van der Waals surface area contributed by atoms with Gasteiger partial charge in [0.25, 0.3) is 5.91 Å². The topological polar surface area (TPSA) is 64.4 Å². The van der Waals surface area contributed by atoms with Gasteiger partial charge in [-0.25, -0.2) is 4.68 Å². The summed E-state index contributed by atoms with van der Waals surface area (Å²) in [4.78, 5) is 28.5. The summed E-state index contributed by atoms with van der Waals surface area (Å²) in [6.07, 6.45) is 3.09. The lowest BCUT2D eigenvalue weighted by molar-refractivity contribution is 0.0651. The number of nitrogens with zero attached hydrogens (tertiary/aromatic N) is 3. The second kappa shape index (κ2) is 9.97. The van der Waals surface area contributed by atoms with E-state index in [9.17, 15) is 9.59 Å². The van der Waals surface area contributed by atoms with Crippen molar-refractivity contribution in [2.75, 3.05) is 20.2 Å². The van der Waals surface area contributed by atoms with E-state index >= 15 is 0 Å². The fourth-order valence-corrected chi connectivity index (χ4v) is 4.64. The molecule has 6 nitrogen and oxygen atoms in total. The first-order valence-corrected chi connectivity index (χ1v) is 11.8. The Hall–Kier alpha value is -4.19. The van der Waals surface area contributed by atoms with E-state index in [4.69, 9.17) is 9.84 Å². The fraction of sp³-hybridized carbons (Fsp3) is 0.207. The molecule has 1 amide bonds. The van der Waals surface area contributed by atoms with E-state index in [0.717, 1.165) is 16.8 Å². The molecule has 1 saturated heterocycles. The van der Waals surface area contributed by atoms with Gasteiger partial charge < -0.3 is 9.64 Å². The zero-order chi connectivity index (χ0) is 24.2. The normalized spacial score (nSPS) is 14.0. The van der Waals surface area contributed by atoms with Crippen molar-refractivity contribution >= 4 is 11.7 Å². The van der Waals surface area contributed by atoms with Crippen LogP contribution in [0.5, 0.6) is 5.75 Å². The number of carbonyl (C=O) groups is 2. The number of carbonyl (C=O) groups excluding carboxylic acids is 2. The largest absolute Gasteiger partial charge is 0.496 e. The third kappa shape index (κ3) is 4.60. The minimum absolute atomic E-state index is 0.0674. The van der Waals surface area contributed by atoms with Gasteiger partial charge >= 0.3 is 0 Å². The molecule has 0 bridgehead atoms. The molecule has 0 aliphatic carbocycles. The quantitative estimate of drug-likeness (QED) is 0.363. The van der Waals surface area contributed by atoms with Crippen molar-refractivity contribution in [1.82, 2.24) is 14.7 Å². The predicted octanol–water partition coefficient (Wildman–Crippen LogP) is 5.28. The minimum Gasteiger partial charge on any atom is -0.496 e. The van der Waals surface area contributed by atoms with E-state index in [1.54, 1.807) is 18.0 Å². The van der Waals surface area contributed by atoms with Crippen LogP contribution in [0.2, 0.25) is 0 Å². The maximum Gasteiger partial charge on any atom is 0.257 e. The summed E-state index contributed by atoms with van der Waals surface area (Å²) in [6.45, 7) is 1.06. The van der Waals surface area contributed by atoms with Crippen molar-refractivity contribution in [3.63, 3.8) is 0 Å². The smallest absolute Gasteiger partial charge is 0.257 e. The second-order valence-electron chi connectivity index (χ2n) is 8.67. The first kappa shape index (κ1) is 22.6. The Bertz CT molecular complexity index is 1320. The Kier molecular flexibility index (Phi) is 6.44. The molecular weight excluding hydrogens is 438 g/mol. The van der Waals surface area contributed by atoms with Crippen LogP contribution in [0.1, 0.15) is 33.6 Å². The summed E-state index contributed by atoms with van der Waals surface area (Å²) in [5.74, 6) is 0.664. The monoisotopic (exact) mass is 465 g/mol. The van der Waals surface area contributed by atoms with Gasteiger partial charge in [-0.3, -0.25) is 9.59 Å². The highest BCUT2D eigenvalue weighted by Crippen LogP contribution is 2.33. The van der Waals surface area contributed by atoms with E-state index in [-0.39, 0.29) is 17.6 Å². The number of methoxy groups -OCH3 is 1. The zero-order valence-corrected chi connectivity index (χ0v) is 19.6. The number of ether oxygens (including phenoxy) is 1. The molecule has 1 aliphatic heterocycles. The molecule has 3 aromatic carbocycles. The number of aromatic nitrogens is 2. The maximum absolute atomic E-state index is 13.7. The van der Waals surface area contributed by atoms with E-state index < -0.39 is 0 Å². The molecule has 2 heterocycles. The number of para-hydroxylation sites is 2. The molecule has 0 atom stereocenters. The molecule has 6 heteroatoms. The SMILES string of the molecule is COc1ccccc1-c1nn(-c2ccccc2)cc1C(=O)N1CCC(C(=O)c2ccccc2)CC1. The number of ketones is 1. The second-order valence-corrected chi connectivity index (χ2v) is 8.67. The average molecular weight is 466 g/mol. The van der Waals surface area contributed by atoms with Crippen molar-refractivity contribution in [3.8, 4) is 22.7 Å². The molecular formula is C29H27N3O3. The van der Waals surface area contributed by atoms with Crippen molar-refractivity contribution in [2.45, 2.75) is 12.8 Å². The highest BCUT2D eigenvalue weighted by Gasteiger charge is 2.31. The number of piperidine rings is 1. The van der Waals surface area contributed by atoms with Crippen LogP contribution in [-0.2, 0) is 0 Å². The Labute approximate surface area is 204 Å². The zero-order valence-electron chi connectivity index (χ0n) is 19.6. The van der Waals surface area contributed by atoms with Gasteiger partial charge in [0, 0.05) is 36.3 Å². The van der Waals surface area contributed by atoms with Crippen molar-refractivity contribution in [3.05, 3.63) is 102 Å². The number of Topliss-reactive ketones (excluding diaryl/α,β-unsaturated/α-hetero) is 1.